The first kappa shape index (κ1) is 18.4. The molecule has 132 valence electrons. The van der Waals surface area contributed by atoms with Gasteiger partial charge in [-0.15, -0.1) is 0 Å². The molecule has 6 heteroatoms. The number of halogens is 1. The van der Waals surface area contributed by atoms with E-state index in [2.05, 4.69) is 0 Å². The molecule has 0 saturated carbocycles. The van der Waals surface area contributed by atoms with E-state index in [4.69, 9.17) is 5.73 Å². The van der Waals surface area contributed by atoms with Gasteiger partial charge in [0.2, 0.25) is 11.8 Å². The summed E-state index contributed by atoms with van der Waals surface area (Å²) in [6.07, 6.45) is 2.47. The van der Waals surface area contributed by atoms with Crippen molar-refractivity contribution in [2.75, 3.05) is 26.2 Å². The van der Waals surface area contributed by atoms with Crippen LogP contribution in [0, 0.1) is 5.82 Å². The molecule has 24 heavy (non-hydrogen) atoms. The molecule has 1 aliphatic rings. The summed E-state index contributed by atoms with van der Waals surface area (Å²) in [6.45, 7) is 4.24. The van der Waals surface area contributed by atoms with Crippen LogP contribution in [0.4, 0.5) is 4.39 Å². The van der Waals surface area contributed by atoms with Crippen molar-refractivity contribution in [3.63, 3.8) is 0 Å². The Kier molecular flexibility index (Phi) is 6.73. The summed E-state index contributed by atoms with van der Waals surface area (Å²) >= 11 is 0. The minimum absolute atomic E-state index is 0.0312. The van der Waals surface area contributed by atoms with E-state index in [1.54, 1.807) is 21.9 Å². The van der Waals surface area contributed by atoms with Crippen LogP contribution in [-0.4, -0.2) is 53.8 Å². The Balaban J connectivity index is 1.90. The maximum Gasteiger partial charge on any atom is 0.239 e. The van der Waals surface area contributed by atoms with Crippen LogP contribution in [0.3, 0.4) is 0 Å². The van der Waals surface area contributed by atoms with Crippen molar-refractivity contribution in [2.24, 2.45) is 5.73 Å². The Morgan fingerprint density at radius 2 is 1.92 bits per heavy atom. The molecule has 1 aliphatic heterocycles. The Morgan fingerprint density at radius 3 is 2.62 bits per heavy atom. The summed E-state index contributed by atoms with van der Waals surface area (Å²) in [5, 5.41) is 0. The number of amides is 2. The molecule has 1 aromatic rings. The number of carbonyl (C=O) groups excluding carboxylic acids is 2. The van der Waals surface area contributed by atoms with Gasteiger partial charge in [-0.25, -0.2) is 4.39 Å². The topological polar surface area (TPSA) is 66.6 Å². The van der Waals surface area contributed by atoms with E-state index in [1.165, 1.54) is 12.1 Å². The molecule has 0 aromatic heterocycles. The van der Waals surface area contributed by atoms with Gasteiger partial charge >= 0.3 is 0 Å². The summed E-state index contributed by atoms with van der Waals surface area (Å²) in [5.41, 5.74) is 6.58. The first-order chi connectivity index (χ1) is 11.5. The maximum absolute atomic E-state index is 13.2. The van der Waals surface area contributed by atoms with Crippen LogP contribution in [0.5, 0.6) is 0 Å². The Bertz CT molecular complexity index is 579. The second-order valence-electron chi connectivity index (χ2n) is 6.26. The van der Waals surface area contributed by atoms with E-state index in [9.17, 15) is 14.0 Å². The van der Waals surface area contributed by atoms with Crippen LogP contribution in [-0.2, 0) is 16.0 Å². The van der Waals surface area contributed by atoms with Crippen molar-refractivity contribution in [2.45, 2.75) is 38.6 Å². The SMILES string of the molecule is CCCC(N)C(=O)N1CCCN(C(=O)Cc2cccc(F)c2)CC1. The molecular formula is C18H26FN3O2. The van der Waals surface area contributed by atoms with Crippen LogP contribution in [0.15, 0.2) is 24.3 Å². The van der Waals surface area contributed by atoms with Crippen LogP contribution in [0.25, 0.3) is 0 Å². The normalized spacial score (nSPS) is 16.6. The van der Waals surface area contributed by atoms with Gasteiger partial charge in [-0.1, -0.05) is 25.5 Å². The van der Waals surface area contributed by atoms with E-state index in [0.29, 0.717) is 38.2 Å². The first-order valence-corrected chi connectivity index (χ1v) is 8.58. The molecule has 1 aromatic carbocycles. The van der Waals surface area contributed by atoms with Gasteiger partial charge in [-0.3, -0.25) is 9.59 Å². The smallest absolute Gasteiger partial charge is 0.239 e. The fourth-order valence-corrected chi connectivity index (χ4v) is 2.99. The van der Waals surface area contributed by atoms with E-state index >= 15 is 0 Å². The van der Waals surface area contributed by atoms with Crippen molar-refractivity contribution < 1.29 is 14.0 Å². The molecule has 2 N–H and O–H groups in total. The highest BCUT2D eigenvalue weighted by Crippen LogP contribution is 2.10. The second-order valence-corrected chi connectivity index (χ2v) is 6.26. The Labute approximate surface area is 142 Å². The largest absolute Gasteiger partial charge is 0.341 e. The van der Waals surface area contributed by atoms with Crippen molar-refractivity contribution in [1.29, 1.82) is 0 Å². The number of rotatable bonds is 5. The fraction of sp³-hybridized carbons (Fsp3) is 0.556. The van der Waals surface area contributed by atoms with Crippen molar-refractivity contribution in [3.8, 4) is 0 Å². The lowest BCUT2D eigenvalue weighted by Crippen LogP contribution is -2.45. The summed E-state index contributed by atoms with van der Waals surface area (Å²) in [6, 6.07) is 5.65. The highest BCUT2D eigenvalue weighted by atomic mass is 19.1. The molecule has 0 bridgehead atoms. The number of hydrogen-bond donors (Lipinski definition) is 1. The van der Waals surface area contributed by atoms with Gasteiger partial charge in [0.1, 0.15) is 5.82 Å². The van der Waals surface area contributed by atoms with Crippen LogP contribution >= 0.6 is 0 Å². The molecule has 2 amide bonds. The highest BCUT2D eigenvalue weighted by molar-refractivity contribution is 5.82. The third-order valence-corrected chi connectivity index (χ3v) is 4.32. The summed E-state index contributed by atoms with van der Waals surface area (Å²) in [7, 11) is 0. The van der Waals surface area contributed by atoms with Crippen molar-refractivity contribution >= 4 is 11.8 Å². The quantitative estimate of drug-likeness (QED) is 0.888. The van der Waals surface area contributed by atoms with Gasteiger partial charge in [0, 0.05) is 26.2 Å². The Hall–Kier alpha value is -1.95. The van der Waals surface area contributed by atoms with Crippen LogP contribution in [0.2, 0.25) is 0 Å². The number of benzene rings is 1. The molecule has 1 heterocycles. The standard InChI is InChI=1S/C18H26FN3O2/c1-2-5-16(20)18(24)22-9-4-8-21(10-11-22)17(23)13-14-6-3-7-15(19)12-14/h3,6-7,12,16H,2,4-5,8-11,13,20H2,1H3. The van der Waals surface area contributed by atoms with Crippen LogP contribution in [0.1, 0.15) is 31.7 Å². The zero-order valence-electron chi connectivity index (χ0n) is 14.2. The van der Waals surface area contributed by atoms with Gasteiger partial charge in [0.05, 0.1) is 12.5 Å². The van der Waals surface area contributed by atoms with Gasteiger partial charge in [0.25, 0.3) is 0 Å². The van der Waals surface area contributed by atoms with Gasteiger partial charge in [-0.05, 0) is 30.5 Å². The molecule has 1 unspecified atom stereocenters. The van der Waals surface area contributed by atoms with Gasteiger partial charge in [0.15, 0.2) is 0 Å². The van der Waals surface area contributed by atoms with E-state index in [-0.39, 0.29) is 24.1 Å². The third-order valence-electron chi connectivity index (χ3n) is 4.32. The van der Waals surface area contributed by atoms with Crippen LogP contribution < -0.4 is 5.73 Å². The highest BCUT2D eigenvalue weighted by Gasteiger charge is 2.25. The molecular weight excluding hydrogens is 309 g/mol. The van der Waals surface area contributed by atoms with E-state index in [1.807, 2.05) is 6.92 Å². The summed E-state index contributed by atoms with van der Waals surface area (Å²) in [4.78, 5) is 28.2. The first-order valence-electron chi connectivity index (χ1n) is 8.58. The predicted octanol–water partition coefficient (Wildman–Crippen LogP) is 1.56. The predicted molar refractivity (Wildman–Crippen MR) is 90.8 cm³/mol. The number of nitrogens with zero attached hydrogens (tertiary/aromatic N) is 2. The lowest BCUT2D eigenvalue weighted by Gasteiger charge is -2.24. The monoisotopic (exact) mass is 335 g/mol. The molecule has 0 radical (unpaired) electrons. The average molecular weight is 335 g/mol. The van der Waals surface area contributed by atoms with E-state index < -0.39 is 6.04 Å². The minimum Gasteiger partial charge on any atom is -0.341 e. The fourth-order valence-electron chi connectivity index (χ4n) is 2.99. The zero-order valence-corrected chi connectivity index (χ0v) is 14.2. The van der Waals surface area contributed by atoms with Gasteiger partial charge in [-0.2, -0.15) is 0 Å². The number of carbonyl (C=O) groups is 2. The summed E-state index contributed by atoms with van der Waals surface area (Å²) < 4.78 is 13.2. The molecule has 2 rings (SSSR count). The maximum atomic E-state index is 13.2. The number of nitrogens with two attached hydrogens (primary N) is 1. The molecule has 0 aliphatic carbocycles. The molecule has 5 nitrogen and oxygen atoms in total. The molecule has 1 atom stereocenters. The third kappa shape index (κ3) is 5.03. The lowest BCUT2D eigenvalue weighted by molar-refractivity contribution is -0.134. The summed E-state index contributed by atoms with van der Waals surface area (Å²) in [5.74, 6) is -0.401. The van der Waals surface area contributed by atoms with Gasteiger partial charge < -0.3 is 15.5 Å². The molecule has 1 fully saturated rings. The van der Waals surface area contributed by atoms with E-state index in [0.717, 1.165) is 12.8 Å². The molecule has 0 spiro atoms. The second kappa shape index (κ2) is 8.78. The van der Waals surface area contributed by atoms with Crippen molar-refractivity contribution in [1.82, 2.24) is 9.80 Å². The minimum atomic E-state index is -0.454. The average Bonchev–Trinajstić information content (AvgIpc) is 2.80. The lowest BCUT2D eigenvalue weighted by atomic mass is 10.1. The number of hydrogen-bond acceptors (Lipinski definition) is 3. The zero-order chi connectivity index (χ0) is 17.5. The Morgan fingerprint density at radius 1 is 1.21 bits per heavy atom. The molecule has 1 saturated heterocycles. The van der Waals surface area contributed by atoms with Crippen molar-refractivity contribution in [3.05, 3.63) is 35.6 Å².